The number of ether oxygens (including phenoxy) is 1. The Labute approximate surface area is 780 Å². The number of hydrogen-bond donors (Lipinski definition) is 2. The zero-order valence-corrected chi connectivity index (χ0v) is 84.2. The molecule has 3 unspecified atom stereocenters. The summed E-state index contributed by atoms with van der Waals surface area (Å²) in [6.45, 7) is 30.9. The first kappa shape index (κ1) is 89.9. The molecule has 6 aromatic carbocycles. The Hall–Kier alpha value is -6.96. The maximum absolute atomic E-state index is 15.3. The third-order valence-corrected chi connectivity index (χ3v) is 45.0. The summed E-state index contributed by atoms with van der Waals surface area (Å²) in [4.78, 5) is 42.2. The van der Waals surface area contributed by atoms with Gasteiger partial charge in [0.05, 0.1) is 28.8 Å². The molecule has 122 heavy (non-hydrogen) atoms. The van der Waals surface area contributed by atoms with Crippen molar-refractivity contribution in [1.82, 2.24) is 0 Å². The maximum atomic E-state index is 15.3. The van der Waals surface area contributed by atoms with Gasteiger partial charge in [-0.15, -0.1) is 136 Å². The molecule has 7 nitrogen and oxygen atoms in total. The van der Waals surface area contributed by atoms with Crippen molar-refractivity contribution in [3.8, 4) is 96.0 Å². The van der Waals surface area contributed by atoms with Crippen molar-refractivity contribution in [1.29, 1.82) is 0 Å². The van der Waals surface area contributed by atoms with Crippen molar-refractivity contribution < 1.29 is 54.1 Å². The van der Waals surface area contributed by atoms with Gasteiger partial charge in [-0.1, -0.05) is 156 Å². The molecule has 1 fully saturated rings. The van der Waals surface area contributed by atoms with Crippen LogP contribution in [-0.2, 0) is 55.7 Å². The van der Waals surface area contributed by atoms with E-state index in [0.29, 0.717) is 0 Å². The summed E-state index contributed by atoms with van der Waals surface area (Å²) < 4.78 is 41.8. The smallest absolute Gasteiger partial charge is 0.415 e. The molecular formula is C98H86O7P3PdS13+. The van der Waals surface area contributed by atoms with E-state index in [-0.39, 0.29) is 20.4 Å². The number of benzene rings is 6. The number of carboxylic acids is 2. The van der Waals surface area contributed by atoms with Crippen molar-refractivity contribution in [3.05, 3.63) is 265 Å². The minimum atomic E-state index is -2.98. The number of aryl methyl sites for hydroxylation is 12. The van der Waals surface area contributed by atoms with E-state index in [1.807, 2.05) is 215 Å². The molecule has 0 saturated carbocycles. The Bertz CT molecular complexity index is 6810. The number of rotatable bonds is 11. The summed E-state index contributed by atoms with van der Waals surface area (Å²) in [5.74, 6) is -1.67. The predicted molar refractivity (Wildman–Crippen MR) is 545 cm³/mol. The number of carbonyl (C=O) groups is 2. The van der Waals surface area contributed by atoms with Gasteiger partial charge in [-0.2, -0.15) is 0 Å². The van der Waals surface area contributed by atoms with Gasteiger partial charge in [-0.05, 0) is 185 Å². The van der Waals surface area contributed by atoms with Gasteiger partial charge in [0, 0.05) is 217 Å². The number of aliphatic carboxylic acids is 2. The molecule has 3 aliphatic heterocycles. The topological polar surface area (TPSA) is 118 Å². The number of hydrogen-bond acceptors (Lipinski definition) is 18. The standard InChI is InChI=1S/C30H23OPS4.C30H24OPS4.C30H23PS5.C4H8O.2C2H4O2.Pd/c1-16-14-22(18(3)33-16)25-27(23-15-17(2)34-19(23)4)35-30-26-28(36-29(25)30)21-12-8-9-13-24(21)32(26,31)20-10-6-5-7-11-20;1-17-14-23(19(3)33-17)28-29(24-15-18(2)34-20(24)4)36-27-16-26(35-30(27)28)22-12-8-9-13-25(22)32(31)21-10-6-5-7-11-21;1-16-14-22(18(3)33-16)25-27(23-15-17(2)34-19(23)4)35-30-26-28(36-29(25)30)21-12-8-9-13-24(21)31(26,32)20-10-6-5-7-11-20;1-2-4-5-3-1;2*1-2(3)4;/h5-15H,1-4H3;5-16H,1-4H3;5-15H,1-4H3;1-4H2;2*1H3,(H,3,4);/q;+1;;;;;. The molecule has 0 amide bonds. The first-order valence-electron chi connectivity index (χ1n) is 39.4. The van der Waals surface area contributed by atoms with Crippen LogP contribution in [0.4, 0.5) is 0 Å². The molecule has 3 atom stereocenters. The Morgan fingerprint density at radius 3 is 1.11 bits per heavy atom. The van der Waals surface area contributed by atoms with Gasteiger partial charge in [-0.25, -0.2) is 0 Å². The molecule has 1 saturated heterocycles. The van der Waals surface area contributed by atoms with Gasteiger partial charge in [0.15, 0.2) is 12.4 Å². The molecule has 18 aromatic rings. The molecule has 0 spiro atoms. The monoisotopic (exact) mass is 1990 g/mol. The molecule has 0 radical (unpaired) electrons. The average Bonchev–Trinajstić information content (AvgIpc) is 1.53. The predicted octanol–water partition coefficient (Wildman–Crippen LogP) is 29.7. The van der Waals surface area contributed by atoms with Crippen LogP contribution in [0, 0.1) is 83.1 Å². The van der Waals surface area contributed by atoms with Crippen LogP contribution in [0.15, 0.2) is 206 Å². The van der Waals surface area contributed by atoms with Crippen molar-refractivity contribution in [2.75, 3.05) is 13.2 Å². The van der Waals surface area contributed by atoms with Gasteiger partial charge in [0.2, 0.25) is 5.30 Å². The van der Waals surface area contributed by atoms with Crippen molar-refractivity contribution in [2.45, 2.75) is 110 Å². The fraction of sp³-hybridized carbons (Fsp3) is 0.184. The molecular weight excluding hydrogens is 1910 g/mol. The second-order valence-corrected chi connectivity index (χ2v) is 53.5. The Morgan fingerprint density at radius 1 is 0.361 bits per heavy atom. The van der Waals surface area contributed by atoms with Gasteiger partial charge in [-0.3, -0.25) is 9.59 Å². The van der Waals surface area contributed by atoms with Crippen LogP contribution >= 0.6 is 157 Å². The average molecular weight is 1990 g/mol. The summed E-state index contributed by atoms with van der Waals surface area (Å²) in [5, 5.41) is 23.7. The summed E-state index contributed by atoms with van der Waals surface area (Å²) in [7, 11) is -4.64. The molecule has 12 aromatic heterocycles. The van der Waals surface area contributed by atoms with E-state index in [2.05, 4.69) is 210 Å². The second-order valence-electron chi connectivity index (χ2n) is 30.0. The van der Waals surface area contributed by atoms with Gasteiger partial charge in [0.1, 0.15) is 0 Å². The number of thiophene rings is 12. The summed E-state index contributed by atoms with van der Waals surface area (Å²) in [6.07, 6.45) is 2.56. The normalized spacial score (nSPS) is 14.7. The SMILES string of the molecule is C1CCOC1.CC(=O)O.CC(=O)O.Cc1cc(-c2sc3c4c(sc3c2-c2cc(C)sc2C)-c2ccccc2P4(=O)c2ccccc2)c(C)s1.Cc1cc(-c2sc3c4c(sc3c2-c2cc(C)sc2C)-c2ccccc2P4(=S)c2ccccc2)c(C)s1.Cc1cc(-c2sc3cc(-c4ccccc4[P+](=O)c4ccccc4)sc3c2-c2cc(C)sc2C)c(C)s1.[Pd]. The number of carboxylic acid groups (broad SMARTS) is 2. The van der Waals surface area contributed by atoms with Gasteiger partial charge >= 0.3 is 7.80 Å². The minimum Gasteiger partial charge on any atom is -0.481 e. The van der Waals surface area contributed by atoms with Crippen LogP contribution in [0.3, 0.4) is 0 Å². The van der Waals surface area contributed by atoms with Gasteiger partial charge in [0.25, 0.3) is 11.9 Å². The maximum Gasteiger partial charge on any atom is 0.415 e. The fourth-order valence-electron chi connectivity index (χ4n) is 16.3. The van der Waals surface area contributed by atoms with E-state index < -0.39 is 32.9 Å². The summed E-state index contributed by atoms with van der Waals surface area (Å²) in [6, 6.07) is 70.6. The molecule has 21 rings (SSSR count). The van der Waals surface area contributed by atoms with Crippen LogP contribution in [0.1, 0.15) is 85.2 Å². The Balaban J connectivity index is 0.000000132. The van der Waals surface area contributed by atoms with Crippen LogP contribution in [0.5, 0.6) is 0 Å². The van der Waals surface area contributed by atoms with Crippen molar-refractivity contribution >= 4 is 251 Å². The van der Waals surface area contributed by atoms with Crippen LogP contribution < -0.4 is 42.4 Å². The van der Waals surface area contributed by atoms with Gasteiger partial charge < -0.3 is 19.5 Å². The van der Waals surface area contributed by atoms with Crippen LogP contribution in [-0.4, -0.2) is 35.4 Å². The molecule has 3 aliphatic rings. The first-order valence-corrected chi connectivity index (χ1v) is 55.0. The van der Waals surface area contributed by atoms with Crippen molar-refractivity contribution in [3.63, 3.8) is 0 Å². The quantitative estimate of drug-likeness (QED) is 0.0971. The fourth-order valence-corrected chi connectivity index (χ4v) is 42.1. The van der Waals surface area contributed by atoms with E-state index in [9.17, 15) is 4.57 Å². The Morgan fingerprint density at radius 2 is 0.697 bits per heavy atom. The molecule has 15 heterocycles. The zero-order valence-electron chi connectivity index (χ0n) is 69.4. The molecule has 2 N–H and O–H groups in total. The van der Waals surface area contributed by atoms with E-state index in [0.717, 1.165) is 64.7 Å². The molecule has 0 bridgehead atoms. The summed E-state index contributed by atoms with van der Waals surface area (Å²) >= 11 is 29.4. The van der Waals surface area contributed by atoms with Crippen LogP contribution in [0.2, 0.25) is 0 Å². The Kier molecular flexibility index (Phi) is 27.6. The van der Waals surface area contributed by atoms with E-state index in [4.69, 9.17) is 36.3 Å². The van der Waals surface area contributed by atoms with E-state index in [1.165, 1.54) is 200 Å². The second kappa shape index (κ2) is 37.5. The third kappa shape index (κ3) is 17.2. The number of fused-ring (bicyclic) bond motifs is 11. The van der Waals surface area contributed by atoms with E-state index in [1.54, 1.807) is 0 Å². The van der Waals surface area contributed by atoms with Crippen molar-refractivity contribution in [2.24, 2.45) is 0 Å². The molecule has 0 aliphatic carbocycles. The first-order chi connectivity index (χ1) is 58.1. The van der Waals surface area contributed by atoms with E-state index >= 15 is 4.57 Å². The third-order valence-electron chi connectivity index (χ3n) is 21.2. The largest absolute Gasteiger partial charge is 0.481 e. The molecule has 622 valence electrons. The minimum absolute atomic E-state index is 0. The zero-order chi connectivity index (χ0) is 85.2. The molecule has 24 heteroatoms. The summed E-state index contributed by atoms with van der Waals surface area (Å²) in [5.41, 5.74) is 15.8. The van der Waals surface area contributed by atoms with Crippen LogP contribution in [0.25, 0.3) is 124 Å².